The van der Waals surface area contributed by atoms with Crippen LogP contribution < -0.4 is 0 Å². The van der Waals surface area contributed by atoms with Gasteiger partial charge in [-0.25, -0.2) is 0 Å². The second-order valence-corrected chi connectivity index (χ2v) is 5.53. The van der Waals surface area contributed by atoms with E-state index in [1.165, 1.54) is 13.8 Å². The van der Waals surface area contributed by atoms with Gasteiger partial charge >= 0.3 is 12.9 Å². The molecule has 0 spiro atoms. The zero-order valence-electron chi connectivity index (χ0n) is 11.2. The summed E-state index contributed by atoms with van der Waals surface area (Å²) in [5.41, 5.74) is 0. The molecular weight excluding hydrogens is 231 g/mol. The number of fused-ring (bicyclic) bond motifs is 3. The average Bonchev–Trinajstić information content (AvgIpc) is 2.45. The van der Waals surface area contributed by atoms with E-state index < -0.39 is 0 Å². The topological polar surface area (TPSA) is 52.6 Å². The van der Waals surface area contributed by atoms with Gasteiger partial charge in [-0.3, -0.25) is 9.59 Å². The molecule has 4 nitrogen and oxygen atoms in total. The first kappa shape index (κ1) is 13.4. The Bertz CT molecular complexity index is 291. The van der Waals surface area contributed by atoms with Crippen LogP contribution in [0.25, 0.3) is 0 Å². The second-order valence-electron chi connectivity index (χ2n) is 5.53. The minimum atomic E-state index is -0.273. The van der Waals surface area contributed by atoms with Crippen molar-refractivity contribution in [1.82, 2.24) is 0 Å². The zero-order chi connectivity index (χ0) is 13.1. The molecule has 2 aliphatic heterocycles. The Hall–Kier alpha value is -0.995. The van der Waals surface area contributed by atoms with Crippen LogP contribution in [0.4, 0.5) is 0 Å². The molecule has 1 atom stereocenters. The lowest BCUT2D eigenvalue weighted by Gasteiger charge is -2.28. The summed E-state index contributed by atoms with van der Waals surface area (Å²) in [5, 5.41) is 0. The van der Waals surface area contributed by atoms with Crippen LogP contribution in [0.3, 0.4) is 0 Å². The number of ether oxygens (including phenoxy) is 1. The molecular formula is C13H21BO4. The first-order valence-electron chi connectivity index (χ1n) is 6.92. The fraction of sp³-hybridized carbons (Fsp3) is 0.846. The SMILES string of the molecule is CC(=O)OB1C2CCCC(CCC2)C1OC(C)=O. The van der Waals surface area contributed by atoms with Gasteiger partial charge < -0.3 is 9.39 Å². The van der Waals surface area contributed by atoms with E-state index in [2.05, 4.69) is 0 Å². The summed E-state index contributed by atoms with van der Waals surface area (Å²) >= 11 is 0. The maximum atomic E-state index is 11.3. The number of hydrogen-bond acceptors (Lipinski definition) is 4. The molecule has 0 radical (unpaired) electrons. The van der Waals surface area contributed by atoms with Crippen LogP contribution in [0.2, 0.25) is 5.82 Å². The summed E-state index contributed by atoms with van der Waals surface area (Å²) in [7, 11) is 0. The van der Waals surface area contributed by atoms with Gasteiger partial charge in [0.25, 0.3) is 5.97 Å². The highest BCUT2D eigenvalue weighted by molar-refractivity contribution is 6.57. The number of carbonyl (C=O) groups excluding carboxylic acids is 2. The number of rotatable bonds is 2. The van der Waals surface area contributed by atoms with E-state index in [0.717, 1.165) is 38.5 Å². The summed E-state index contributed by atoms with van der Waals surface area (Å²) in [4.78, 5) is 22.6. The summed E-state index contributed by atoms with van der Waals surface area (Å²) in [5.74, 6) is 0.158. The van der Waals surface area contributed by atoms with Gasteiger partial charge in [-0.05, 0) is 24.6 Å². The average molecular weight is 252 g/mol. The first-order chi connectivity index (χ1) is 8.58. The van der Waals surface area contributed by atoms with Crippen LogP contribution in [-0.4, -0.2) is 24.9 Å². The van der Waals surface area contributed by atoms with E-state index >= 15 is 0 Å². The standard InChI is InChI=1S/C13H21BO4/c1-9(15)17-13-11-5-3-7-12(8-4-6-11)14(13)18-10(2)16/h11-13H,3-8H2,1-2H3. The van der Waals surface area contributed by atoms with Crippen molar-refractivity contribution in [3.05, 3.63) is 0 Å². The van der Waals surface area contributed by atoms with Gasteiger partial charge in [-0.2, -0.15) is 0 Å². The van der Waals surface area contributed by atoms with Crippen LogP contribution in [-0.2, 0) is 19.0 Å². The Morgan fingerprint density at radius 3 is 2.11 bits per heavy atom. The molecule has 18 heavy (non-hydrogen) atoms. The van der Waals surface area contributed by atoms with Crippen molar-refractivity contribution in [1.29, 1.82) is 0 Å². The molecule has 0 saturated carbocycles. The third-order valence-electron chi connectivity index (χ3n) is 4.16. The van der Waals surface area contributed by atoms with Crippen molar-refractivity contribution in [3.8, 4) is 0 Å². The third kappa shape index (κ3) is 3.06. The summed E-state index contributed by atoms with van der Waals surface area (Å²) in [6.07, 6.45) is 6.59. The van der Waals surface area contributed by atoms with E-state index in [1.54, 1.807) is 0 Å². The fourth-order valence-electron chi connectivity index (χ4n) is 3.48. The molecule has 0 N–H and O–H groups in total. The smallest absolute Gasteiger partial charge is 0.406 e. The van der Waals surface area contributed by atoms with Gasteiger partial charge in [-0.15, -0.1) is 0 Å². The first-order valence-corrected chi connectivity index (χ1v) is 6.92. The second kappa shape index (κ2) is 5.76. The lowest BCUT2D eigenvalue weighted by atomic mass is 9.49. The largest absolute Gasteiger partial charge is 0.532 e. The molecule has 0 amide bonds. The van der Waals surface area contributed by atoms with Crippen molar-refractivity contribution in [2.75, 3.05) is 0 Å². The van der Waals surface area contributed by atoms with Gasteiger partial charge in [0, 0.05) is 13.8 Å². The molecule has 5 heteroatoms. The predicted octanol–water partition coefficient (Wildman–Crippen LogP) is 2.37. The van der Waals surface area contributed by atoms with Crippen LogP contribution in [0.1, 0.15) is 52.4 Å². The molecule has 2 aliphatic rings. The summed E-state index contributed by atoms with van der Waals surface area (Å²) < 4.78 is 11.0. The van der Waals surface area contributed by atoms with E-state index in [0.29, 0.717) is 11.7 Å². The molecule has 2 heterocycles. The number of carbonyl (C=O) groups is 2. The highest BCUT2D eigenvalue weighted by Crippen LogP contribution is 2.42. The Kier molecular flexibility index (Phi) is 4.30. The van der Waals surface area contributed by atoms with Gasteiger partial charge in [0.05, 0.1) is 0 Å². The van der Waals surface area contributed by atoms with Crippen molar-refractivity contribution in [2.45, 2.75) is 64.2 Å². The van der Waals surface area contributed by atoms with Crippen molar-refractivity contribution >= 4 is 18.9 Å². The fourth-order valence-corrected chi connectivity index (χ4v) is 3.48. The minimum Gasteiger partial charge on any atom is -0.532 e. The van der Waals surface area contributed by atoms with Gasteiger partial charge in [0.1, 0.15) is 6.00 Å². The van der Waals surface area contributed by atoms with Gasteiger partial charge in [0.2, 0.25) is 0 Å². The highest BCUT2D eigenvalue weighted by atomic mass is 16.6. The molecule has 0 aromatic heterocycles. The van der Waals surface area contributed by atoms with E-state index in [-0.39, 0.29) is 24.9 Å². The monoisotopic (exact) mass is 252 g/mol. The molecule has 100 valence electrons. The van der Waals surface area contributed by atoms with Crippen LogP contribution in [0.15, 0.2) is 0 Å². The number of hydrogen-bond donors (Lipinski definition) is 0. The Balaban J connectivity index is 2.22. The molecule has 0 aromatic carbocycles. The highest BCUT2D eigenvalue weighted by Gasteiger charge is 2.47. The van der Waals surface area contributed by atoms with Crippen molar-refractivity contribution < 1.29 is 19.0 Å². The number of esters is 1. The Labute approximate surface area is 109 Å². The predicted molar refractivity (Wildman–Crippen MR) is 68.0 cm³/mol. The van der Waals surface area contributed by atoms with Crippen LogP contribution >= 0.6 is 0 Å². The van der Waals surface area contributed by atoms with Gasteiger partial charge in [-0.1, -0.05) is 25.7 Å². The lowest BCUT2D eigenvalue weighted by Crippen LogP contribution is -2.44. The molecule has 0 aliphatic carbocycles. The molecule has 2 rings (SSSR count). The van der Waals surface area contributed by atoms with Crippen molar-refractivity contribution in [2.24, 2.45) is 5.92 Å². The van der Waals surface area contributed by atoms with E-state index in [4.69, 9.17) is 9.39 Å². The molecule has 2 fully saturated rings. The third-order valence-corrected chi connectivity index (χ3v) is 4.16. The van der Waals surface area contributed by atoms with Crippen LogP contribution in [0, 0.1) is 5.92 Å². The van der Waals surface area contributed by atoms with E-state index in [1.807, 2.05) is 0 Å². The minimum absolute atomic E-state index is 0.235. The van der Waals surface area contributed by atoms with Crippen molar-refractivity contribution in [3.63, 3.8) is 0 Å². The van der Waals surface area contributed by atoms with E-state index in [9.17, 15) is 9.59 Å². The maximum Gasteiger partial charge on any atom is 0.406 e. The van der Waals surface area contributed by atoms with Crippen LogP contribution in [0.5, 0.6) is 0 Å². The zero-order valence-corrected chi connectivity index (χ0v) is 11.2. The normalized spacial score (nSPS) is 31.4. The molecule has 0 aromatic rings. The Morgan fingerprint density at radius 1 is 1.00 bits per heavy atom. The molecule has 1 unspecified atom stereocenters. The Morgan fingerprint density at radius 2 is 1.61 bits per heavy atom. The molecule has 2 bridgehead atoms. The quantitative estimate of drug-likeness (QED) is 0.559. The summed E-state index contributed by atoms with van der Waals surface area (Å²) in [6.45, 7) is 2.63. The maximum absolute atomic E-state index is 11.3. The molecule has 2 saturated heterocycles. The lowest BCUT2D eigenvalue weighted by molar-refractivity contribution is -0.147. The summed E-state index contributed by atoms with van der Waals surface area (Å²) in [6, 6.07) is -0.235. The van der Waals surface area contributed by atoms with Gasteiger partial charge in [0.15, 0.2) is 0 Å².